The number of nitrogens with one attached hydrogen (secondary N) is 1. The monoisotopic (exact) mass is 219 g/mol. The van der Waals surface area contributed by atoms with Crippen LogP contribution >= 0.6 is 0 Å². The summed E-state index contributed by atoms with van der Waals surface area (Å²) >= 11 is 0. The van der Waals surface area contributed by atoms with E-state index in [-0.39, 0.29) is 0 Å². The maximum absolute atomic E-state index is 5.88. The highest BCUT2D eigenvalue weighted by Crippen LogP contribution is 2.17. The maximum Gasteiger partial charge on any atom is 0.0541 e. The summed E-state index contributed by atoms with van der Waals surface area (Å²) in [6, 6.07) is 5.26. The molecule has 0 radical (unpaired) electrons. The van der Waals surface area contributed by atoms with Crippen LogP contribution in [-0.2, 0) is 6.54 Å². The summed E-state index contributed by atoms with van der Waals surface area (Å²) in [5.41, 5.74) is 8.22. The Hall–Kier alpha value is -0.930. The average Bonchev–Trinajstić information content (AvgIpc) is 2.30. The zero-order valence-corrected chi connectivity index (χ0v) is 9.95. The van der Waals surface area contributed by atoms with Crippen molar-refractivity contribution in [1.29, 1.82) is 0 Å². The quantitative estimate of drug-likeness (QED) is 0.814. The summed E-state index contributed by atoms with van der Waals surface area (Å²) in [4.78, 5) is 4.39. The molecule has 0 amide bonds. The third kappa shape index (κ3) is 3.29. The summed E-state index contributed by atoms with van der Waals surface area (Å²) in [5, 5.41) is 3.56. The average molecular weight is 219 g/mol. The van der Waals surface area contributed by atoms with Gasteiger partial charge in [0.2, 0.25) is 0 Å². The van der Waals surface area contributed by atoms with Gasteiger partial charge in [-0.1, -0.05) is 6.07 Å². The minimum Gasteiger partial charge on any atom is -0.328 e. The Morgan fingerprint density at radius 1 is 1.31 bits per heavy atom. The lowest BCUT2D eigenvalue weighted by atomic mass is 9.92. The molecule has 0 aliphatic heterocycles. The number of nitrogens with two attached hydrogens (primary N) is 1. The van der Waals surface area contributed by atoms with Gasteiger partial charge in [0.1, 0.15) is 0 Å². The molecule has 0 spiro atoms. The first-order chi connectivity index (χ1) is 7.74. The fraction of sp³-hybridized carbons (Fsp3) is 0.615. The van der Waals surface area contributed by atoms with Crippen molar-refractivity contribution in [2.24, 2.45) is 5.73 Å². The van der Waals surface area contributed by atoms with Gasteiger partial charge < -0.3 is 11.1 Å². The number of aromatic nitrogens is 1. The van der Waals surface area contributed by atoms with Crippen LogP contribution in [-0.4, -0.2) is 17.1 Å². The standard InChI is InChI=1S/C13H21N3/c1-10-2-5-13(15-8-10)9-16-12-6-3-11(14)4-7-12/h2,5,8,11-12,16H,3-4,6-7,9,14H2,1H3. The molecule has 3 nitrogen and oxygen atoms in total. The number of hydrogen-bond acceptors (Lipinski definition) is 3. The van der Waals surface area contributed by atoms with Gasteiger partial charge in [-0.25, -0.2) is 0 Å². The fourth-order valence-electron chi connectivity index (χ4n) is 2.18. The number of aryl methyl sites for hydroxylation is 1. The van der Waals surface area contributed by atoms with Gasteiger partial charge >= 0.3 is 0 Å². The van der Waals surface area contributed by atoms with Gasteiger partial charge in [-0.3, -0.25) is 4.98 Å². The lowest BCUT2D eigenvalue weighted by molar-refractivity contribution is 0.341. The van der Waals surface area contributed by atoms with E-state index in [0.29, 0.717) is 12.1 Å². The second-order valence-corrected chi connectivity index (χ2v) is 4.82. The van der Waals surface area contributed by atoms with E-state index in [4.69, 9.17) is 5.73 Å². The van der Waals surface area contributed by atoms with Crippen LogP contribution < -0.4 is 11.1 Å². The van der Waals surface area contributed by atoms with Gasteiger partial charge in [0, 0.05) is 24.8 Å². The first-order valence-electron chi connectivity index (χ1n) is 6.14. The zero-order chi connectivity index (χ0) is 11.4. The lowest BCUT2D eigenvalue weighted by Crippen LogP contribution is -2.37. The van der Waals surface area contributed by atoms with Crippen molar-refractivity contribution in [3.63, 3.8) is 0 Å². The Bertz CT molecular complexity index is 312. The van der Waals surface area contributed by atoms with E-state index in [1.807, 2.05) is 6.20 Å². The molecule has 0 aromatic carbocycles. The first-order valence-corrected chi connectivity index (χ1v) is 6.14. The van der Waals surface area contributed by atoms with Crippen LogP contribution in [0.3, 0.4) is 0 Å². The van der Waals surface area contributed by atoms with Crippen molar-refractivity contribution >= 4 is 0 Å². The zero-order valence-electron chi connectivity index (χ0n) is 9.95. The molecular weight excluding hydrogens is 198 g/mol. The number of rotatable bonds is 3. The van der Waals surface area contributed by atoms with E-state index in [1.165, 1.54) is 18.4 Å². The molecule has 0 bridgehead atoms. The second-order valence-electron chi connectivity index (χ2n) is 4.82. The second kappa shape index (κ2) is 5.41. The maximum atomic E-state index is 5.88. The molecule has 1 aromatic heterocycles. The largest absolute Gasteiger partial charge is 0.328 e. The van der Waals surface area contributed by atoms with Gasteiger partial charge in [0.05, 0.1) is 5.69 Å². The molecule has 0 unspecified atom stereocenters. The minimum absolute atomic E-state index is 0.426. The predicted molar refractivity (Wildman–Crippen MR) is 66.0 cm³/mol. The van der Waals surface area contributed by atoms with E-state index in [9.17, 15) is 0 Å². The van der Waals surface area contributed by atoms with E-state index in [1.54, 1.807) is 0 Å². The molecule has 88 valence electrons. The number of hydrogen-bond donors (Lipinski definition) is 2. The van der Waals surface area contributed by atoms with Crippen LogP contribution in [0, 0.1) is 6.92 Å². The predicted octanol–water partition coefficient (Wildman–Crippen LogP) is 1.75. The van der Waals surface area contributed by atoms with E-state index >= 15 is 0 Å². The summed E-state index contributed by atoms with van der Waals surface area (Å²) in [5.74, 6) is 0. The normalized spacial score (nSPS) is 25.6. The number of pyridine rings is 1. The molecule has 1 aliphatic carbocycles. The van der Waals surface area contributed by atoms with Crippen molar-refractivity contribution in [2.45, 2.75) is 51.2 Å². The highest BCUT2D eigenvalue weighted by Gasteiger charge is 2.17. The summed E-state index contributed by atoms with van der Waals surface area (Å²) < 4.78 is 0. The first kappa shape index (κ1) is 11.6. The molecule has 16 heavy (non-hydrogen) atoms. The topological polar surface area (TPSA) is 50.9 Å². The summed E-state index contributed by atoms with van der Waals surface area (Å²) in [7, 11) is 0. The van der Waals surface area contributed by atoms with Gasteiger partial charge in [-0.2, -0.15) is 0 Å². The van der Waals surface area contributed by atoms with Crippen molar-refractivity contribution in [3.05, 3.63) is 29.6 Å². The van der Waals surface area contributed by atoms with Crippen molar-refractivity contribution < 1.29 is 0 Å². The van der Waals surface area contributed by atoms with Crippen molar-refractivity contribution in [2.75, 3.05) is 0 Å². The molecule has 1 aliphatic rings. The van der Waals surface area contributed by atoms with Crippen molar-refractivity contribution in [1.82, 2.24) is 10.3 Å². The van der Waals surface area contributed by atoms with Gasteiger partial charge in [0.15, 0.2) is 0 Å². The molecule has 3 N–H and O–H groups in total. The van der Waals surface area contributed by atoms with Gasteiger partial charge in [-0.05, 0) is 44.2 Å². The van der Waals surface area contributed by atoms with E-state index in [0.717, 1.165) is 25.1 Å². The van der Waals surface area contributed by atoms with Crippen LogP contribution in [0.4, 0.5) is 0 Å². The molecule has 1 fully saturated rings. The highest BCUT2D eigenvalue weighted by molar-refractivity contribution is 5.12. The van der Waals surface area contributed by atoms with E-state index in [2.05, 4.69) is 29.4 Å². The molecule has 2 rings (SSSR count). The van der Waals surface area contributed by atoms with Crippen LogP contribution in [0.1, 0.15) is 36.9 Å². The Labute approximate surface area is 97.5 Å². The molecule has 0 atom stereocenters. The van der Waals surface area contributed by atoms with Crippen LogP contribution in [0.15, 0.2) is 18.3 Å². The fourth-order valence-corrected chi connectivity index (χ4v) is 2.18. The van der Waals surface area contributed by atoms with E-state index < -0.39 is 0 Å². The lowest BCUT2D eigenvalue weighted by Gasteiger charge is -2.26. The smallest absolute Gasteiger partial charge is 0.0541 e. The molecule has 0 saturated heterocycles. The Balaban J connectivity index is 1.77. The molecule has 3 heteroatoms. The van der Waals surface area contributed by atoms with Crippen molar-refractivity contribution in [3.8, 4) is 0 Å². The summed E-state index contributed by atoms with van der Waals surface area (Å²) in [6.07, 6.45) is 6.63. The van der Waals surface area contributed by atoms with Crippen LogP contribution in [0.2, 0.25) is 0 Å². The van der Waals surface area contributed by atoms with Gasteiger partial charge in [0.25, 0.3) is 0 Å². The molecule has 1 saturated carbocycles. The van der Waals surface area contributed by atoms with Crippen LogP contribution in [0.5, 0.6) is 0 Å². The summed E-state index contributed by atoms with van der Waals surface area (Å²) in [6.45, 7) is 2.94. The minimum atomic E-state index is 0.426. The molecule has 1 heterocycles. The Kier molecular flexibility index (Phi) is 3.91. The Morgan fingerprint density at radius 3 is 2.69 bits per heavy atom. The molecular formula is C13H21N3. The SMILES string of the molecule is Cc1ccc(CNC2CCC(N)CC2)nc1. The Morgan fingerprint density at radius 2 is 2.06 bits per heavy atom. The third-order valence-corrected chi connectivity index (χ3v) is 3.32. The number of nitrogens with zero attached hydrogens (tertiary/aromatic N) is 1. The third-order valence-electron chi connectivity index (χ3n) is 3.32. The van der Waals surface area contributed by atoms with Gasteiger partial charge in [-0.15, -0.1) is 0 Å². The van der Waals surface area contributed by atoms with Crippen LogP contribution in [0.25, 0.3) is 0 Å². The highest BCUT2D eigenvalue weighted by atomic mass is 14.9. The molecule has 1 aromatic rings.